The van der Waals surface area contributed by atoms with Crippen LogP contribution in [0.15, 0.2) is 53.6 Å². The van der Waals surface area contributed by atoms with Crippen LogP contribution in [0.25, 0.3) is 0 Å². The molecule has 0 saturated carbocycles. The van der Waals surface area contributed by atoms with Crippen molar-refractivity contribution in [2.75, 3.05) is 18.5 Å². The summed E-state index contributed by atoms with van der Waals surface area (Å²) in [4.78, 5) is 34.8. The second-order valence-corrected chi connectivity index (χ2v) is 6.01. The van der Waals surface area contributed by atoms with Gasteiger partial charge in [0.25, 0.3) is 0 Å². The second-order valence-electron chi connectivity index (χ2n) is 6.01. The van der Waals surface area contributed by atoms with Gasteiger partial charge in [0, 0.05) is 18.5 Å². The van der Waals surface area contributed by atoms with E-state index in [1.807, 2.05) is 0 Å². The van der Waals surface area contributed by atoms with Crippen molar-refractivity contribution in [3.63, 3.8) is 0 Å². The van der Waals surface area contributed by atoms with Crippen molar-refractivity contribution in [2.24, 2.45) is 5.10 Å². The predicted molar refractivity (Wildman–Crippen MR) is 109 cm³/mol. The topological polar surface area (TPSA) is 106 Å². The van der Waals surface area contributed by atoms with E-state index in [2.05, 4.69) is 15.8 Å². The minimum absolute atomic E-state index is 0.0365. The van der Waals surface area contributed by atoms with E-state index in [1.165, 1.54) is 30.5 Å². The molecule has 0 aliphatic carbocycles. The van der Waals surface area contributed by atoms with E-state index in [0.717, 1.165) is 0 Å². The lowest BCUT2D eigenvalue weighted by Crippen LogP contribution is -2.20. The number of benzene rings is 2. The van der Waals surface area contributed by atoms with Gasteiger partial charge in [-0.2, -0.15) is 5.10 Å². The molecular formula is C21H22FN3O5. The standard InChI is InChI=1S/C21H22FN3O5/c1-2-29-21(28)14-30-18-9-3-15(4-10-18)13-23-25-20(27)12-11-19(26)24-17-7-5-16(22)6-8-17/h3-10,13H,2,11-12,14H2,1H3,(H,24,26)(H,25,27). The zero-order valence-electron chi connectivity index (χ0n) is 16.4. The Labute approximate surface area is 173 Å². The van der Waals surface area contributed by atoms with Crippen LogP contribution in [0.4, 0.5) is 10.1 Å². The van der Waals surface area contributed by atoms with Gasteiger partial charge in [0.05, 0.1) is 12.8 Å². The van der Waals surface area contributed by atoms with Crippen LogP contribution in [-0.2, 0) is 19.1 Å². The van der Waals surface area contributed by atoms with Crippen molar-refractivity contribution in [2.45, 2.75) is 19.8 Å². The Hall–Kier alpha value is -3.75. The number of ether oxygens (including phenoxy) is 2. The van der Waals surface area contributed by atoms with E-state index in [0.29, 0.717) is 23.6 Å². The van der Waals surface area contributed by atoms with Crippen LogP contribution in [0.1, 0.15) is 25.3 Å². The molecular weight excluding hydrogens is 393 g/mol. The smallest absolute Gasteiger partial charge is 0.344 e. The van der Waals surface area contributed by atoms with Gasteiger partial charge in [-0.15, -0.1) is 0 Å². The molecule has 2 aromatic rings. The Morgan fingerprint density at radius 2 is 1.67 bits per heavy atom. The summed E-state index contributed by atoms with van der Waals surface area (Å²) in [6.45, 7) is 1.84. The zero-order valence-corrected chi connectivity index (χ0v) is 16.4. The summed E-state index contributed by atoms with van der Waals surface area (Å²) in [6.07, 6.45) is 1.35. The number of hydrogen-bond donors (Lipinski definition) is 2. The van der Waals surface area contributed by atoms with Gasteiger partial charge in [-0.05, 0) is 61.0 Å². The first-order chi connectivity index (χ1) is 14.5. The van der Waals surface area contributed by atoms with Crippen LogP contribution in [0.5, 0.6) is 5.75 Å². The molecule has 8 nitrogen and oxygen atoms in total. The maximum Gasteiger partial charge on any atom is 0.344 e. The van der Waals surface area contributed by atoms with E-state index in [9.17, 15) is 18.8 Å². The van der Waals surface area contributed by atoms with Gasteiger partial charge in [-0.1, -0.05) is 0 Å². The number of anilines is 1. The van der Waals surface area contributed by atoms with Crippen molar-refractivity contribution in [3.05, 3.63) is 59.9 Å². The van der Waals surface area contributed by atoms with Gasteiger partial charge in [0.2, 0.25) is 11.8 Å². The number of rotatable bonds is 10. The molecule has 0 fully saturated rings. The van der Waals surface area contributed by atoms with Crippen molar-refractivity contribution in [1.29, 1.82) is 0 Å². The Kier molecular flexibility index (Phi) is 8.98. The average molecular weight is 415 g/mol. The van der Waals surface area contributed by atoms with Gasteiger partial charge < -0.3 is 14.8 Å². The Morgan fingerprint density at radius 1 is 1.00 bits per heavy atom. The molecule has 0 atom stereocenters. The summed E-state index contributed by atoms with van der Waals surface area (Å²) in [6, 6.07) is 12.0. The van der Waals surface area contributed by atoms with Crippen LogP contribution in [0, 0.1) is 5.82 Å². The van der Waals surface area contributed by atoms with E-state index >= 15 is 0 Å². The molecule has 0 unspecified atom stereocenters. The molecule has 158 valence electrons. The Morgan fingerprint density at radius 3 is 2.33 bits per heavy atom. The number of carbonyl (C=O) groups is 3. The number of hydrogen-bond acceptors (Lipinski definition) is 6. The van der Waals surface area contributed by atoms with Gasteiger partial charge in [0.15, 0.2) is 6.61 Å². The third-order valence-corrected chi connectivity index (χ3v) is 3.65. The molecule has 0 spiro atoms. The number of hydrazone groups is 1. The summed E-state index contributed by atoms with van der Waals surface area (Å²) < 4.78 is 22.9. The first-order valence-corrected chi connectivity index (χ1v) is 9.22. The lowest BCUT2D eigenvalue weighted by Gasteiger charge is -2.05. The summed E-state index contributed by atoms with van der Waals surface area (Å²) >= 11 is 0. The summed E-state index contributed by atoms with van der Waals surface area (Å²) in [5, 5.41) is 6.40. The molecule has 0 heterocycles. The average Bonchev–Trinajstić information content (AvgIpc) is 2.73. The molecule has 2 aromatic carbocycles. The number of nitrogens with zero attached hydrogens (tertiary/aromatic N) is 1. The van der Waals surface area contributed by atoms with E-state index in [-0.39, 0.29) is 25.4 Å². The fourth-order valence-corrected chi connectivity index (χ4v) is 2.21. The third-order valence-electron chi connectivity index (χ3n) is 3.65. The minimum Gasteiger partial charge on any atom is -0.482 e. The minimum atomic E-state index is -0.447. The second kappa shape index (κ2) is 11.9. The molecule has 0 aliphatic heterocycles. The van der Waals surface area contributed by atoms with Crippen molar-refractivity contribution in [3.8, 4) is 5.75 Å². The number of nitrogens with one attached hydrogen (secondary N) is 2. The van der Waals surface area contributed by atoms with Crippen molar-refractivity contribution < 1.29 is 28.2 Å². The van der Waals surface area contributed by atoms with Crippen LogP contribution in [0.3, 0.4) is 0 Å². The molecule has 9 heteroatoms. The summed E-state index contributed by atoms with van der Waals surface area (Å²) in [7, 11) is 0. The SMILES string of the molecule is CCOC(=O)COc1ccc(C=NNC(=O)CCC(=O)Nc2ccc(F)cc2)cc1. The number of amides is 2. The molecule has 0 aromatic heterocycles. The fraction of sp³-hybridized carbons (Fsp3) is 0.238. The van der Waals surface area contributed by atoms with Crippen molar-refractivity contribution in [1.82, 2.24) is 5.43 Å². The van der Waals surface area contributed by atoms with Gasteiger partial charge in [0.1, 0.15) is 11.6 Å². The van der Waals surface area contributed by atoms with Crippen LogP contribution < -0.4 is 15.5 Å². The van der Waals surface area contributed by atoms with E-state index in [1.54, 1.807) is 31.2 Å². The van der Waals surface area contributed by atoms with Crippen molar-refractivity contribution >= 4 is 29.7 Å². The highest BCUT2D eigenvalue weighted by Crippen LogP contribution is 2.11. The zero-order chi connectivity index (χ0) is 21.8. The predicted octanol–water partition coefficient (Wildman–Crippen LogP) is 2.64. The first-order valence-electron chi connectivity index (χ1n) is 9.22. The molecule has 2 amide bonds. The maximum absolute atomic E-state index is 12.8. The first kappa shape index (κ1) is 22.5. The number of esters is 1. The monoisotopic (exact) mass is 415 g/mol. The van der Waals surface area contributed by atoms with E-state index < -0.39 is 17.7 Å². The lowest BCUT2D eigenvalue weighted by atomic mass is 10.2. The highest BCUT2D eigenvalue weighted by atomic mass is 19.1. The summed E-state index contributed by atoms with van der Waals surface area (Å²) in [5.74, 6) is -1.13. The quantitative estimate of drug-likeness (QED) is 0.353. The normalized spacial score (nSPS) is 10.5. The molecule has 0 aliphatic rings. The highest BCUT2D eigenvalue weighted by Gasteiger charge is 2.07. The van der Waals surface area contributed by atoms with Crippen LogP contribution in [-0.4, -0.2) is 37.2 Å². The molecule has 0 radical (unpaired) electrons. The largest absolute Gasteiger partial charge is 0.482 e. The molecule has 0 saturated heterocycles. The third kappa shape index (κ3) is 8.51. The Balaban J connectivity index is 1.69. The van der Waals surface area contributed by atoms with Crippen LogP contribution in [0.2, 0.25) is 0 Å². The Bertz CT molecular complexity index is 883. The van der Waals surface area contributed by atoms with E-state index in [4.69, 9.17) is 9.47 Å². The fourth-order valence-electron chi connectivity index (χ4n) is 2.21. The van der Waals surface area contributed by atoms with Gasteiger partial charge in [-0.25, -0.2) is 14.6 Å². The van der Waals surface area contributed by atoms with Crippen LogP contribution >= 0.6 is 0 Å². The molecule has 0 bridgehead atoms. The molecule has 2 N–H and O–H groups in total. The highest BCUT2D eigenvalue weighted by molar-refractivity contribution is 5.93. The van der Waals surface area contributed by atoms with Gasteiger partial charge >= 0.3 is 5.97 Å². The number of carbonyl (C=O) groups excluding carboxylic acids is 3. The molecule has 2 rings (SSSR count). The lowest BCUT2D eigenvalue weighted by molar-refractivity contribution is -0.145. The molecule has 30 heavy (non-hydrogen) atoms. The van der Waals surface area contributed by atoms with Gasteiger partial charge in [-0.3, -0.25) is 9.59 Å². The summed E-state index contributed by atoms with van der Waals surface area (Å²) in [5.41, 5.74) is 3.49. The maximum atomic E-state index is 12.8. The number of halogens is 1.